The Bertz CT molecular complexity index is 1070. The quantitative estimate of drug-likeness (QED) is 0.302. The van der Waals surface area contributed by atoms with Crippen molar-refractivity contribution >= 4 is 29.5 Å². The smallest absolute Gasteiger partial charge is 0.243 e. The SMILES string of the molecule is CC(C)C[C@@H]1NC(=O)[C@H](C(C)C)NC(=O)[C@H](CC(C)C)NC(=O)[C@@H](CC(C)C)NC(=O)[C@H](Cc2ccccc2)NC1=O. The van der Waals surface area contributed by atoms with Crippen molar-refractivity contribution in [1.29, 1.82) is 0 Å². The van der Waals surface area contributed by atoms with Gasteiger partial charge in [-0.05, 0) is 48.5 Å². The maximum atomic E-state index is 13.7. The Morgan fingerprint density at radius 1 is 0.500 bits per heavy atom. The normalized spacial score (nSPS) is 25.0. The Morgan fingerprint density at radius 3 is 1.26 bits per heavy atom. The summed E-state index contributed by atoms with van der Waals surface area (Å²) in [7, 11) is 0. The summed E-state index contributed by atoms with van der Waals surface area (Å²) in [5, 5.41) is 14.2. The van der Waals surface area contributed by atoms with Gasteiger partial charge in [0.2, 0.25) is 29.5 Å². The van der Waals surface area contributed by atoms with Gasteiger partial charge in [0, 0.05) is 6.42 Å². The van der Waals surface area contributed by atoms with Crippen molar-refractivity contribution in [1.82, 2.24) is 26.6 Å². The van der Waals surface area contributed by atoms with E-state index in [-0.39, 0.29) is 30.1 Å². The fraction of sp³-hybridized carbons (Fsp3) is 0.656. The van der Waals surface area contributed by atoms with Gasteiger partial charge in [0.25, 0.3) is 0 Å². The molecule has 5 atom stereocenters. The molecular weight excluding hydrogens is 534 g/mol. The topological polar surface area (TPSA) is 146 Å². The van der Waals surface area contributed by atoms with Crippen molar-refractivity contribution < 1.29 is 24.0 Å². The van der Waals surface area contributed by atoms with Crippen LogP contribution in [0.4, 0.5) is 0 Å². The minimum absolute atomic E-state index is 0.0595. The molecule has 10 nitrogen and oxygen atoms in total. The molecule has 0 radical (unpaired) electrons. The molecule has 0 spiro atoms. The molecule has 42 heavy (non-hydrogen) atoms. The van der Waals surface area contributed by atoms with Crippen molar-refractivity contribution in [2.75, 3.05) is 0 Å². The van der Waals surface area contributed by atoms with Crippen LogP contribution in [0.3, 0.4) is 0 Å². The highest BCUT2D eigenvalue weighted by molar-refractivity contribution is 5.98. The Labute approximate surface area is 250 Å². The van der Waals surface area contributed by atoms with Gasteiger partial charge in [-0.15, -0.1) is 0 Å². The second-order valence-electron chi connectivity index (χ2n) is 13.1. The predicted octanol–water partition coefficient (Wildman–Crippen LogP) is 2.46. The monoisotopic (exact) mass is 585 g/mol. The van der Waals surface area contributed by atoms with Crippen molar-refractivity contribution in [3.8, 4) is 0 Å². The molecule has 5 N–H and O–H groups in total. The minimum Gasteiger partial charge on any atom is -0.343 e. The summed E-state index contributed by atoms with van der Waals surface area (Å²) in [5.41, 5.74) is 0.830. The lowest BCUT2D eigenvalue weighted by Gasteiger charge is -2.28. The predicted molar refractivity (Wildman–Crippen MR) is 163 cm³/mol. The zero-order valence-electron chi connectivity index (χ0n) is 26.5. The first-order valence-electron chi connectivity index (χ1n) is 15.2. The second kappa shape index (κ2) is 16.3. The van der Waals surface area contributed by atoms with Gasteiger partial charge in [-0.2, -0.15) is 0 Å². The summed E-state index contributed by atoms with van der Waals surface area (Å²) < 4.78 is 0. The van der Waals surface area contributed by atoms with Crippen molar-refractivity contribution in [2.24, 2.45) is 23.7 Å². The lowest BCUT2D eigenvalue weighted by molar-refractivity contribution is -0.135. The summed E-state index contributed by atoms with van der Waals surface area (Å²) in [4.78, 5) is 68.0. The van der Waals surface area contributed by atoms with Gasteiger partial charge in [0.1, 0.15) is 30.2 Å². The van der Waals surface area contributed by atoms with Crippen LogP contribution >= 0.6 is 0 Å². The standard InChI is InChI=1S/C32H51N5O5/c1-18(2)14-23-28(38)34-25(16-20(5)6)31(41)37-27(21(7)8)32(42)36-24(15-19(3)4)29(39)35-26(30(40)33-23)17-22-12-10-9-11-13-22/h9-13,18-21,23-27H,14-17H2,1-8H3,(H,33,40)(H,34,38)(H,35,39)(H,36,42)(H,37,41)/t23-,24+,25+,26+,27+/m1/s1. The van der Waals surface area contributed by atoms with Crippen LogP contribution in [0.2, 0.25) is 0 Å². The van der Waals surface area contributed by atoms with Gasteiger partial charge < -0.3 is 26.6 Å². The average molecular weight is 586 g/mol. The molecule has 0 saturated carbocycles. The van der Waals surface area contributed by atoms with Crippen molar-refractivity contribution in [2.45, 2.75) is 111 Å². The van der Waals surface area contributed by atoms with Gasteiger partial charge in [-0.25, -0.2) is 0 Å². The lowest BCUT2D eigenvalue weighted by Crippen LogP contribution is -2.59. The van der Waals surface area contributed by atoms with Gasteiger partial charge in [0.15, 0.2) is 0 Å². The number of rotatable bonds is 9. The molecule has 234 valence electrons. The largest absolute Gasteiger partial charge is 0.343 e. The number of carbonyl (C=O) groups excluding carboxylic acids is 5. The van der Waals surface area contributed by atoms with Crippen molar-refractivity contribution in [3.63, 3.8) is 0 Å². The molecule has 0 aromatic heterocycles. The maximum absolute atomic E-state index is 13.7. The van der Waals surface area contributed by atoms with E-state index >= 15 is 0 Å². The molecule has 1 heterocycles. The fourth-order valence-corrected chi connectivity index (χ4v) is 5.04. The molecule has 1 fully saturated rings. The third-order valence-electron chi connectivity index (χ3n) is 7.18. The van der Waals surface area contributed by atoms with Gasteiger partial charge in [-0.1, -0.05) is 85.7 Å². The Balaban J connectivity index is 2.59. The second-order valence-corrected chi connectivity index (χ2v) is 13.1. The van der Waals surface area contributed by atoms with Gasteiger partial charge in [-0.3, -0.25) is 24.0 Å². The van der Waals surface area contributed by atoms with E-state index in [1.165, 1.54) is 0 Å². The molecule has 1 aromatic carbocycles. The van der Waals surface area contributed by atoms with Crippen LogP contribution in [0.25, 0.3) is 0 Å². The van der Waals surface area contributed by atoms with Crippen LogP contribution in [0.15, 0.2) is 30.3 Å². The summed E-state index contributed by atoms with van der Waals surface area (Å²) >= 11 is 0. The third kappa shape index (κ3) is 11.1. The van der Waals surface area contributed by atoms with E-state index in [2.05, 4.69) is 26.6 Å². The van der Waals surface area contributed by atoms with Crippen LogP contribution in [0, 0.1) is 23.7 Å². The van der Waals surface area contributed by atoms with Crippen LogP contribution in [0.5, 0.6) is 0 Å². The molecule has 0 aliphatic carbocycles. The zero-order chi connectivity index (χ0) is 31.6. The molecule has 5 amide bonds. The number of hydrogen-bond acceptors (Lipinski definition) is 5. The van der Waals surface area contributed by atoms with E-state index in [1.54, 1.807) is 0 Å². The van der Waals surface area contributed by atoms with E-state index < -0.39 is 59.7 Å². The summed E-state index contributed by atoms with van der Waals surface area (Å²) in [5.74, 6) is -2.57. The van der Waals surface area contributed by atoms with Crippen LogP contribution in [0.1, 0.15) is 80.2 Å². The molecule has 1 aliphatic rings. The van der Waals surface area contributed by atoms with E-state index in [4.69, 9.17) is 0 Å². The van der Waals surface area contributed by atoms with Crippen LogP contribution in [-0.4, -0.2) is 59.7 Å². The van der Waals surface area contributed by atoms with Crippen LogP contribution < -0.4 is 26.6 Å². The number of benzene rings is 1. The maximum Gasteiger partial charge on any atom is 0.243 e. The zero-order valence-corrected chi connectivity index (χ0v) is 26.5. The minimum atomic E-state index is -0.994. The van der Waals surface area contributed by atoms with E-state index in [1.807, 2.05) is 85.7 Å². The average Bonchev–Trinajstić information content (AvgIpc) is 2.89. The number of hydrogen-bond donors (Lipinski definition) is 5. The first kappa shape index (κ1) is 34.8. The van der Waals surface area contributed by atoms with Gasteiger partial charge in [0.05, 0.1) is 0 Å². The molecule has 1 aromatic rings. The highest BCUT2D eigenvalue weighted by Gasteiger charge is 2.36. The third-order valence-corrected chi connectivity index (χ3v) is 7.18. The van der Waals surface area contributed by atoms with E-state index in [0.29, 0.717) is 19.3 Å². The lowest BCUT2D eigenvalue weighted by atomic mass is 9.98. The Kier molecular flexibility index (Phi) is 13.5. The number of carbonyl (C=O) groups is 5. The highest BCUT2D eigenvalue weighted by Crippen LogP contribution is 2.14. The summed E-state index contributed by atoms with van der Waals surface area (Å²) in [6.45, 7) is 15.3. The molecule has 0 bridgehead atoms. The Morgan fingerprint density at radius 2 is 0.857 bits per heavy atom. The first-order valence-corrected chi connectivity index (χ1v) is 15.2. The molecule has 0 unspecified atom stereocenters. The summed E-state index contributed by atoms with van der Waals surface area (Å²) in [6.07, 6.45) is 1.21. The first-order chi connectivity index (χ1) is 19.7. The van der Waals surface area contributed by atoms with Crippen LogP contribution in [-0.2, 0) is 30.4 Å². The number of amides is 5. The molecule has 1 aliphatic heterocycles. The van der Waals surface area contributed by atoms with Gasteiger partial charge >= 0.3 is 0 Å². The van der Waals surface area contributed by atoms with Crippen molar-refractivity contribution in [3.05, 3.63) is 35.9 Å². The fourth-order valence-electron chi connectivity index (χ4n) is 5.04. The molecular formula is C32H51N5O5. The van der Waals surface area contributed by atoms with E-state index in [9.17, 15) is 24.0 Å². The summed E-state index contributed by atoms with van der Waals surface area (Å²) in [6, 6.07) is 4.61. The highest BCUT2D eigenvalue weighted by atomic mass is 16.2. The molecule has 1 saturated heterocycles. The Hall–Kier alpha value is -3.43. The van der Waals surface area contributed by atoms with E-state index in [0.717, 1.165) is 5.56 Å². The molecule has 2 rings (SSSR count). The molecule has 10 heteroatoms. The number of nitrogens with one attached hydrogen (secondary N) is 5.